The Bertz CT molecular complexity index is 222. The second-order valence-electron chi connectivity index (χ2n) is 2.05. The zero-order valence-corrected chi connectivity index (χ0v) is 9.94. The summed E-state index contributed by atoms with van der Waals surface area (Å²) in [6.45, 7) is 6.75. The first kappa shape index (κ1) is 24.9. The van der Waals surface area contributed by atoms with Crippen LogP contribution in [-0.4, -0.2) is 56.7 Å². The van der Waals surface area contributed by atoms with Crippen molar-refractivity contribution >= 4 is 17.9 Å². The van der Waals surface area contributed by atoms with Crippen LogP contribution in [0.25, 0.3) is 0 Å². The first-order valence-electron chi connectivity index (χ1n) is 4.31. The SMILES string of the molecule is C=CC(=O)O.C=CC(=O)O.CC(=O)O.OCCO. The van der Waals surface area contributed by atoms with Crippen molar-refractivity contribution < 1.29 is 39.9 Å². The lowest BCUT2D eigenvalue weighted by Crippen LogP contribution is -1.85. The summed E-state index contributed by atoms with van der Waals surface area (Å²) in [5, 5.41) is 37.9. The maximum atomic E-state index is 9.25. The van der Waals surface area contributed by atoms with Gasteiger partial charge in [-0.3, -0.25) is 4.79 Å². The fraction of sp³-hybridized carbons (Fsp3) is 0.300. The molecule has 0 amide bonds. The van der Waals surface area contributed by atoms with Crippen LogP contribution in [0.15, 0.2) is 25.3 Å². The Morgan fingerprint density at radius 2 is 1.00 bits per heavy atom. The molecule has 0 saturated heterocycles. The van der Waals surface area contributed by atoms with Crippen LogP contribution in [0.2, 0.25) is 0 Å². The molecule has 8 nitrogen and oxygen atoms in total. The highest BCUT2D eigenvalue weighted by molar-refractivity contribution is 5.79. The first-order chi connectivity index (χ1) is 8.19. The van der Waals surface area contributed by atoms with Crippen LogP contribution in [0.1, 0.15) is 6.92 Å². The van der Waals surface area contributed by atoms with Crippen molar-refractivity contribution in [1.82, 2.24) is 0 Å². The zero-order valence-electron chi connectivity index (χ0n) is 9.94. The highest BCUT2D eigenvalue weighted by Crippen LogP contribution is 1.55. The third-order valence-corrected chi connectivity index (χ3v) is 0.449. The van der Waals surface area contributed by atoms with Gasteiger partial charge in [0.2, 0.25) is 0 Å². The molecule has 18 heavy (non-hydrogen) atoms. The molecule has 0 aliphatic heterocycles. The van der Waals surface area contributed by atoms with Crippen molar-refractivity contribution in [3.63, 3.8) is 0 Å². The van der Waals surface area contributed by atoms with Crippen LogP contribution in [0.4, 0.5) is 0 Å². The van der Waals surface area contributed by atoms with Crippen molar-refractivity contribution in [2.24, 2.45) is 0 Å². The van der Waals surface area contributed by atoms with Gasteiger partial charge < -0.3 is 25.5 Å². The molecule has 0 unspecified atom stereocenters. The van der Waals surface area contributed by atoms with Crippen molar-refractivity contribution in [1.29, 1.82) is 0 Å². The molecular weight excluding hydrogens is 248 g/mol. The molecule has 0 heterocycles. The van der Waals surface area contributed by atoms with Gasteiger partial charge in [0.05, 0.1) is 13.2 Å². The van der Waals surface area contributed by atoms with Crippen molar-refractivity contribution in [2.45, 2.75) is 6.92 Å². The molecule has 0 aromatic carbocycles. The summed E-state index contributed by atoms with van der Waals surface area (Å²) in [6.07, 6.45) is 1.67. The molecule has 0 rings (SSSR count). The topological polar surface area (TPSA) is 152 Å². The fourth-order valence-corrected chi connectivity index (χ4v) is 0. The number of hydrogen-bond acceptors (Lipinski definition) is 5. The fourth-order valence-electron chi connectivity index (χ4n) is 0. The number of carbonyl (C=O) groups is 3. The Hall–Kier alpha value is -2.19. The zero-order chi connectivity index (χ0) is 15.6. The lowest BCUT2D eigenvalue weighted by Gasteiger charge is -1.70. The number of carboxylic acids is 3. The largest absolute Gasteiger partial charge is 0.481 e. The molecule has 0 atom stereocenters. The van der Waals surface area contributed by atoms with E-state index in [4.69, 9.17) is 30.3 Å². The Morgan fingerprint density at radius 1 is 0.889 bits per heavy atom. The van der Waals surface area contributed by atoms with Gasteiger partial charge in [-0.05, 0) is 0 Å². The molecule has 0 aromatic heterocycles. The summed E-state index contributed by atoms with van der Waals surface area (Å²) in [5.41, 5.74) is 0. The number of aliphatic hydroxyl groups is 2. The van der Waals surface area contributed by atoms with Gasteiger partial charge in [0, 0.05) is 19.1 Å². The van der Waals surface area contributed by atoms with Crippen molar-refractivity contribution in [3.05, 3.63) is 25.3 Å². The van der Waals surface area contributed by atoms with E-state index in [1.807, 2.05) is 0 Å². The van der Waals surface area contributed by atoms with E-state index in [9.17, 15) is 9.59 Å². The Kier molecular flexibility index (Phi) is 33.4. The maximum absolute atomic E-state index is 9.25. The summed E-state index contributed by atoms with van der Waals surface area (Å²) < 4.78 is 0. The Morgan fingerprint density at radius 3 is 1.00 bits per heavy atom. The van der Waals surface area contributed by atoms with Gasteiger partial charge >= 0.3 is 11.9 Å². The molecule has 8 heteroatoms. The molecule has 0 spiro atoms. The molecule has 0 saturated carbocycles. The number of rotatable bonds is 3. The molecule has 5 N–H and O–H groups in total. The van der Waals surface area contributed by atoms with Crippen LogP contribution < -0.4 is 0 Å². The summed E-state index contributed by atoms with van der Waals surface area (Å²) in [6, 6.07) is 0. The summed E-state index contributed by atoms with van der Waals surface area (Å²) in [4.78, 5) is 27.5. The molecule has 0 bridgehead atoms. The lowest BCUT2D eigenvalue weighted by atomic mass is 10.7. The van der Waals surface area contributed by atoms with Crippen LogP contribution in [0.5, 0.6) is 0 Å². The average Bonchev–Trinajstić information content (AvgIpc) is 2.29. The molecule has 106 valence electrons. The van der Waals surface area contributed by atoms with Gasteiger partial charge in [-0.1, -0.05) is 13.2 Å². The predicted molar refractivity (Wildman–Crippen MR) is 63.1 cm³/mol. The Balaban J connectivity index is -0.0000000731. The first-order valence-corrected chi connectivity index (χ1v) is 4.31. The van der Waals surface area contributed by atoms with E-state index < -0.39 is 17.9 Å². The van der Waals surface area contributed by atoms with Gasteiger partial charge in [-0.2, -0.15) is 0 Å². The van der Waals surface area contributed by atoms with Gasteiger partial charge in [0.25, 0.3) is 5.97 Å². The van der Waals surface area contributed by atoms with E-state index >= 15 is 0 Å². The number of aliphatic carboxylic acids is 3. The monoisotopic (exact) mass is 266 g/mol. The number of aliphatic hydroxyl groups excluding tert-OH is 2. The third-order valence-electron chi connectivity index (χ3n) is 0.449. The van der Waals surface area contributed by atoms with E-state index in [0.717, 1.165) is 19.1 Å². The smallest absolute Gasteiger partial charge is 0.327 e. The summed E-state index contributed by atoms with van der Waals surface area (Å²) in [5.74, 6) is -2.80. The number of carboxylic acid groups (broad SMARTS) is 3. The lowest BCUT2D eigenvalue weighted by molar-refractivity contribution is -0.134. The molecule has 0 aliphatic carbocycles. The summed E-state index contributed by atoms with van der Waals surface area (Å²) >= 11 is 0. The van der Waals surface area contributed by atoms with E-state index in [0.29, 0.717) is 0 Å². The van der Waals surface area contributed by atoms with Gasteiger partial charge in [0.1, 0.15) is 0 Å². The molecule has 0 aliphatic rings. The van der Waals surface area contributed by atoms with Crippen LogP contribution >= 0.6 is 0 Å². The third kappa shape index (κ3) is 287. The summed E-state index contributed by atoms with van der Waals surface area (Å²) in [7, 11) is 0. The van der Waals surface area contributed by atoms with Gasteiger partial charge in [-0.25, -0.2) is 9.59 Å². The normalized spacial score (nSPS) is 6.61. The van der Waals surface area contributed by atoms with E-state index in [2.05, 4.69) is 13.2 Å². The second kappa shape index (κ2) is 24.2. The van der Waals surface area contributed by atoms with E-state index in [-0.39, 0.29) is 13.2 Å². The predicted octanol–water partition coefficient (Wildman–Crippen LogP) is -0.424. The minimum Gasteiger partial charge on any atom is -0.481 e. The van der Waals surface area contributed by atoms with Crippen molar-refractivity contribution in [3.8, 4) is 0 Å². The quantitative estimate of drug-likeness (QED) is 0.431. The number of hydrogen-bond donors (Lipinski definition) is 5. The average molecular weight is 266 g/mol. The van der Waals surface area contributed by atoms with Gasteiger partial charge in [-0.15, -0.1) is 0 Å². The van der Waals surface area contributed by atoms with Crippen LogP contribution in [-0.2, 0) is 14.4 Å². The molecular formula is C10H18O8. The van der Waals surface area contributed by atoms with Crippen molar-refractivity contribution in [2.75, 3.05) is 13.2 Å². The highest BCUT2D eigenvalue weighted by Gasteiger charge is 1.73. The molecule has 0 radical (unpaired) electrons. The maximum Gasteiger partial charge on any atom is 0.327 e. The van der Waals surface area contributed by atoms with E-state index in [1.54, 1.807) is 0 Å². The minimum absolute atomic E-state index is 0.125. The van der Waals surface area contributed by atoms with E-state index in [1.165, 1.54) is 0 Å². The van der Waals surface area contributed by atoms with Crippen LogP contribution in [0.3, 0.4) is 0 Å². The minimum atomic E-state index is -0.981. The standard InChI is InChI=1S/2C3H4O2.C2H4O2.C2H6O2/c2*1-2-3(4)5;1-2(3)4;3-1-2-4/h2*2H,1H2,(H,4,5);1H3,(H,3,4);3-4H,1-2H2. The Labute approximate surface area is 104 Å². The van der Waals surface area contributed by atoms with Crippen LogP contribution in [0, 0.1) is 0 Å². The second-order valence-corrected chi connectivity index (χ2v) is 2.05. The molecule has 0 aromatic rings. The molecule has 0 fully saturated rings. The highest BCUT2D eigenvalue weighted by atomic mass is 16.4. The van der Waals surface area contributed by atoms with Gasteiger partial charge in [0.15, 0.2) is 0 Å².